The van der Waals surface area contributed by atoms with Crippen molar-refractivity contribution in [1.29, 1.82) is 0 Å². The van der Waals surface area contributed by atoms with Gasteiger partial charge in [-0.1, -0.05) is 5.16 Å². The van der Waals surface area contributed by atoms with Crippen LogP contribution in [0.1, 0.15) is 18.2 Å². The molecule has 1 aliphatic heterocycles. The van der Waals surface area contributed by atoms with Gasteiger partial charge in [-0.15, -0.1) is 0 Å². The Morgan fingerprint density at radius 3 is 2.69 bits per heavy atom. The monoisotopic (exact) mass is 461 g/mol. The van der Waals surface area contributed by atoms with E-state index in [1.54, 1.807) is 49.5 Å². The van der Waals surface area contributed by atoms with Gasteiger partial charge < -0.3 is 18.9 Å². The first-order valence-corrected chi connectivity index (χ1v) is 9.61. The highest BCUT2D eigenvalue weighted by Crippen LogP contribution is 2.36. The Balaban J connectivity index is 1.55. The molecule has 1 unspecified atom stereocenters. The van der Waals surface area contributed by atoms with Crippen LogP contribution in [-0.2, 0) is 4.79 Å². The highest BCUT2D eigenvalue weighted by atomic mass is 79.9. The zero-order valence-corrected chi connectivity index (χ0v) is 17.3. The summed E-state index contributed by atoms with van der Waals surface area (Å²) in [6.07, 6.45) is 0.253. The molecule has 0 bridgehead atoms. The Hall–Kier alpha value is -2.94. The van der Waals surface area contributed by atoms with E-state index in [4.69, 9.17) is 14.0 Å². The van der Waals surface area contributed by atoms with Crippen LogP contribution in [0.25, 0.3) is 11.4 Å². The quantitative estimate of drug-likeness (QED) is 0.567. The normalized spacial score (nSPS) is 16.3. The Kier molecular flexibility index (Phi) is 5.23. The van der Waals surface area contributed by atoms with Gasteiger partial charge in [-0.25, -0.2) is 4.39 Å². The van der Waals surface area contributed by atoms with Crippen molar-refractivity contribution in [2.24, 2.45) is 0 Å². The number of carbonyl (C=O) groups excluding carboxylic acids is 1. The van der Waals surface area contributed by atoms with E-state index in [-0.39, 0.29) is 24.1 Å². The number of rotatable bonds is 5. The van der Waals surface area contributed by atoms with Crippen molar-refractivity contribution in [3.63, 3.8) is 0 Å². The van der Waals surface area contributed by atoms with Gasteiger partial charge in [0.1, 0.15) is 5.82 Å². The SMILES string of the molecule is COc1ccc(N2CC(c3nc(-c4ccc(F)c(Br)c4)no3)CC2=O)cc1OC. The number of nitrogens with zero attached hydrogens (tertiary/aromatic N) is 3. The standard InChI is InChI=1S/C20H17BrFN3O4/c1-27-16-6-4-13(9-17(16)28-2)25-10-12(8-18(25)26)20-23-19(24-29-20)11-3-5-15(22)14(21)7-11/h3-7,9,12H,8,10H2,1-2H3. The lowest BCUT2D eigenvalue weighted by atomic mass is 10.1. The van der Waals surface area contributed by atoms with E-state index >= 15 is 0 Å². The third-order valence-electron chi connectivity index (χ3n) is 4.77. The molecule has 1 aromatic heterocycles. The fourth-order valence-electron chi connectivity index (χ4n) is 3.27. The van der Waals surface area contributed by atoms with Crippen LogP contribution in [0.4, 0.5) is 10.1 Å². The third kappa shape index (κ3) is 3.69. The molecule has 0 aliphatic carbocycles. The van der Waals surface area contributed by atoms with Crippen molar-refractivity contribution in [2.45, 2.75) is 12.3 Å². The average Bonchev–Trinajstić information content (AvgIpc) is 3.36. The van der Waals surface area contributed by atoms with Gasteiger partial charge in [-0.3, -0.25) is 4.79 Å². The molecular weight excluding hydrogens is 445 g/mol. The lowest BCUT2D eigenvalue weighted by Crippen LogP contribution is -2.24. The maximum Gasteiger partial charge on any atom is 0.232 e. The fraction of sp³-hybridized carbons (Fsp3) is 0.250. The largest absolute Gasteiger partial charge is 0.493 e. The summed E-state index contributed by atoms with van der Waals surface area (Å²) in [5, 5.41) is 3.98. The number of benzene rings is 2. The molecule has 1 saturated heterocycles. The second kappa shape index (κ2) is 7.82. The number of amides is 1. The van der Waals surface area contributed by atoms with Crippen LogP contribution in [-0.4, -0.2) is 36.8 Å². The summed E-state index contributed by atoms with van der Waals surface area (Å²) in [5.74, 6) is 1.20. The second-order valence-electron chi connectivity index (χ2n) is 6.53. The number of carbonyl (C=O) groups is 1. The Morgan fingerprint density at radius 2 is 1.97 bits per heavy atom. The van der Waals surface area contributed by atoms with E-state index in [0.29, 0.717) is 45.5 Å². The number of aromatic nitrogens is 2. The number of methoxy groups -OCH3 is 2. The Morgan fingerprint density at radius 1 is 1.17 bits per heavy atom. The molecule has 1 atom stereocenters. The Bertz CT molecular complexity index is 1070. The van der Waals surface area contributed by atoms with E-state index in [1.807, 2.05) is 0 Å². The molecular formula is C20H17BrFN3O4. The third-order valence-corrected chi connectivity index (χ3v) is 5.38. The summed E-state index contributed by atoms with van der Waals surface area (Å²) < 4.78 is 29.7. The Labute approximate surface area is 174 Å². The van der Waals surface area contributed by atoms with E-state index < -0.39 is 0 Å². The predicted octanol–water partition coefficient (Wildman–Crippen LogP) is 4.18. The number of ether oxygens (including phenoxy) is 2. The molecule has 0 radical (unpaired) electrons. The van der Waals surface area contributed by atoms with E-state index in [2.05, 4.69) is 26.1 Å². The van der Waals surface area contributed by atoms with Crippen LogP contribution in [0.3, 0.4) is 0 Å². The average molecular weight is 462 g/mol. The van der Waals surface area contributed by atoms with Gasteiger partial charge in [0.25, 0.3) is 0 Å². The molecule has 1 fully saturated rings. The molecule has 0 saturated carbocycles. The van der Waals surface area contributed by atoms with Gasteiger partial charge in [-0.2, -0.15) is 4.98 Å². The first-order chi connectivity index (χ1) is 14.0. The lowest BCUT2D eigenvalue weighted by molar-refractivity contribution is -0.117. The van der Waals surface area contributed by atoms with Crippen LogP contribution in [0.5, 0.6) is 11.5 Å². The zero-order chi connectivity index (χ0) is 20.5. The fourth-order valence-corrected chi connectivity index (χ4v) is 3.65. The van der Waals surface area contributed by atoms with Gasteiger partial charge in [0.15, 0.2) is 11.5 Å². The van der Waals surface area contributed by atoms with E-state index in [1.165, 1.54) is 6.07 Å². The van der Waals surface area contributed by atoms with Crippen LogP contribution >= 0.6 is 15.9 Å². The zero-order valence-electron chi connectivity index (χ0n) is 15.7. The summed E-state index contributed by atoms with van der Waals surface area (Å²) in [5.41, 5.74) is 1.33. The smallest absolute Gasteiger partial charge is 0.232 e. The molecule has 0 spiro atoms. The molecule has 3 aromatic rings. The summed E-state index contributed by atoms with van der Waals surface area (Å²) in [6, 6.07) is 9.80. The minimum absolute atomic E-state index is 0.0495. The van der Waals surface area contributed by atoms with Gasteiger partial charge in [0, 0.05) is 30.3 Å². The summed E-state index contributed by atoms with van der Waals surface area (Å²) >= 11 is 3.15. The number of anilines is 1. The molecule has 4 rings (SSSR count). The van der Waals surface area contributed by atoms with Crippen molar-refractivity contribution in [1.82, 2.24) is 10.1 Å². The first-order valence-electron chi connectivity index (χ1n) is 8.81. The molecule has 7 nitrogen and oxygen atoms in total. The van der Waals surface area contributed by atoms with Gasteiger partial charge in [0.2, 0.25) is 17.6 Å². The molecule has 9 heteroatoms. The first kappa shape index (κ1) is 19.4. The summed E-state index contributed by atoms with van der Waals surface area (Å²) in [4.78, 5) is 18.7. The van der Waals surface area contributed by atoms with E-state index in [9.17, 15) is 9.18 Å². The minimum Gasteiger partial charge on any atom is -0.493 e. The van der Waals surface area contributed by atoms with Crippen LogP contribution < -0.4 is 14.4 Å². The highest BCUT2D eigenvalue weighted by Gasteiger charge is 2.35. The predicted molar refractivity (Wildman–Crippen MR) is 107 cm³/mol. The molecule has 0 N–H and O–H groups in total. The molecule has 2 aromatic carbocycles. The summed E-state index contributed by atoms with van der Waals surface area (Å²) in [6.45, 7) is 0.406. The van der Waals surface area contributed by atoms with Gasteiger partial charge in [-0.05, 0) is 46.3 Å². The van der Waals surface area contributed by atoms with Gasteiger partial charge >= 0.3 is 0 Å². The van der Waals surface area contributed by atoms with E-state index in [0.717, 1.165) is 0 Å². The molecule has 1 aliphatic rings. The van der Waals surface area contributed by atoms with Crippen molar-refractivity contribution in [3.05, 3.63) is 52.6 Å². The molecule has 1 amide bonds. The molecule has 29 heavy (non-hydrogen) atoms. The topological polar surface area (TPSA) is 77.7 Å². The highest BCUT2D eigenvalue weighted by molar-refractivity contribution is 9.10. The molecule has 150 valence electrons. The molecule has 2 heterocycles. The summed E-state index contributed by atoms with van der Waals surface area (Å²) in [7, 11) is 3.10. The maximum absolute atomic E-state index is 13.4. The number of hydrogen-bond donors (Lipinski definition) is 0. The van der Waals surface area contributed by atoms with Gasteiger partial charge in [0.05, 0.1) is 24.6 Å². The van der Waals surface area contributed by atoms with Crippen LogP contribution in [0, 0.1) is 5.82 Å². The van der Waals surface area contributed by atoms with Crippen molar-refractivity contribution in [2.75, 3.05) is 25.7 Å². The van der Waals surface area contributed by atoms with Crippen LogP contribution in [0.15, 0.2) is 45.4 Å². The van der Waals surface area contributed by atoms with Crippen LogP contribution in [0.2, 0.25) is 0 Å². The lowest BCUT2D eigenvalue weighted by Gasteiger charge is -2.18. The maximum atomic E-state index is 13.4. The van der Waals surface area contributed by atoms with Crippen molar-refractivity contribution in [3.8, 4) is 22.9 Å². The second-order valence-corrected chi connectivity index (χ2v) is 7.38. The van der Waals surface area contributed by atoms with Crippen molar-refractivity contribution < 1.29 is 23.2 Å². The van der Waals surface area contributed by atoms with Crippen molar-refractivity contribution >= 4 is 27.5 Å². The number of halogens is 2. The number of hydrogen-bond acceptors (Lipinski definition) is 6. The minimum atomic E-state index is -0.371.